The van der Waals surface area contributed by atoms with Gasteiger partial charge in [-0.05, 0) is 43.5 Å². The number of primary amides is 1. The number of carbonyl (C=O) groups is 2. The van der Waals surface area contributed by atoms with E-state index in [9.17, 15) is 9.59 Å². The Labute approximate surface area is 118 Å². The molecule has 1 heterocycles. The van der Waals surface area contributed by atoms with Crippen LogP contribution in [0.3, 0.4) is 0 Å². The zero-order chi connectivity index (χ0) is 14.5. The number of carbonyl (C=O) groups excluding carboxylic acids is 2. The van der Waals surface area contributed by atoms with Crippen LogP contribution in [0.15, 0.2) is 24.3 Å². The Kier molecular flexibility index (Phi) is 4.74. The van der Waals surface area contributed by atoms with Crippen molar-refractivity contribution in [3.8, 4) is 0 Å². The van der Waals surface area contributed by atoms with E-state index >= 15 is 0 Å². The Morgan fingerprint density at radius 1 is 1.15 bits per heavy atom. The number of nitrogens with zero attached hydrogens (tertiary/aromatic N) is 1. The number of nitrogens with two attached hydrogens (primary N) is 2. The normalized spacial score (nSPS) is 16.1. The maximum atomic E-state index is 12.3. The fourth-order valence-electron chi connectivity index (χ4n) is 2.53. The summed E-state index contributed by atoms with van der Waals surface area (Å²) >= 11 is 0. The van der Waals surface area contributed by atoms with Crippen LogP contribution >= 0.6 is 0 Å². The van der Waals surface area contributed by atoms with Crippen molar-refractivity contribution in [2.45, 2.75) is 19.3 Å². The van der Waals surface area contributed by atoms with Crippen molar-refractivity contribution in [3.63, 3.8) is 0 Å². The Balaban J connectivity index is 1.96. The smallest absolute Gasteiger partial charge is 0.253 e. The lowest BCUT2D eigenvalue weighted by molar-refractivity contribution is -0.123. The van der Waals surface area contributed by atoms with Crippen LogP contribution in [0.25, 0.3) is 0 Å². The molecule has 0 bridgehead atoms. The first kappa shape index (κ1) is 14.5. The van der Waals surface area contributed by atoms with E-state index < -0.39 is 0 Å². The average molecular weight is 275 g/mol. The van der Waals surface area contributed by atoms with Crippen LogP contribution in [-0.4, -0.2) is 36.3 Å². The Hall–Kier alpha value is -1.88. The molecule has 1 saturated heterocycles. The lowest BCUT2D eigenvalue weighted by Gasteiger charge is -2.30. The summed E-state index contributed by atoms with van der Waals surface area (Å²) in [5.41, 5.74) is 12.6. The average Bonchev–Trinajstić information content (AvgIpc) is 2.48. The molecular weight excluding hydrogens is 254 g/mol. The summed E-state index contributed by atoms with van der Waals surface area (Å²) in [6.45, 7) is 1.79. The van der Waals surface area contributed by atoms with Gasteiger partial charge in [0, 0.05) is 24.6 Å². The van der Waals surface area contributed by atoms with E-state index in [0.29, 0.717) is 38.0 Å². The van der Waals surface area contributed by atoms with E-state index in [4.69, 9.17) is 11.5 Å². The summed E-state index contributed by atoms with van der Waals surface area (Å²) in [5, 5.41) is 0. The van der Waals surface area contributed by atoms with Crippen LogP contribution in [-0.2, 0) is 11.2 Å². The van der Waals surface area contributed by atoms with E-state index in [1.807, 2.05) is 24.3 Å². The van der Waals surface area contributed by atoms with Gasteiger partial charge in [0.2, 0.25) is 5.91 Å². The number of rotatable bonds is 4. The molecule has 1 aromatic rings. The molecule has 0 aromatic heterocycles. The van der Waals surface area contributed by atoms with Gasteiger partial charge < -0.3 is 16.4 Å². The molecule has 5 heteroatoms. The van der Waals surface area contributed by atoms with Crippen LogP contribution in [0, 0.1) is 5.92 Å². The highest BCUT2D eigenvalue weighted by atomic mass is 16.2. The molecule has 0 aliphatic carbocycles. The van der Waals surface area contributed by atoms with E-state index in [1.165, 1.54) is 0 Å². The molecule has 0 atom stereocenters. The molecular formula is C15H21N3O2. The SMILES string of the molecule is NCCc1ccc(C(=O)N2CCC(C(N)=O)CC2)cc1. The predicted octanol–water partition coefficient (Wildman–Crippen LogP) is 0.525. The second kappa shape index (κ2) is 6.52. The highest BCUT2D eigenvalue weighted by Crippen LogP contribution is 2.19. The first-order valence-corrected chi connectivity index (χ1v) is 6.99. The second-order valence-electron chi connectivity index (χ2n) is 5.20. The van der Waals surface area contributed by atoms with Crippen molar-refractivity contribution in [2.75, 3.05) is 19.6 Å². The highest BCUT2D eigenvalue weighted by molar-refractivity contribution is 5.94. The molecule has 1 aliphatic heterocycles. The van der Waals surface area contributed by atoms with E-state index in [2.05, 4.69) is 0 Å². The summed E-state index contributed by atoms with van der Waals surface area (Å²) in [6, 6.07) is 7.56. The number of piperidine rings is 1. The minimum atomic E-state index is -0.261. The van der Waals surface area contributed by atoms with Crippen molar-refractivity contribution >= 4 is 11.8 Å². The van der Waals surface area contributed by atoms with Gasteiger partial charge in [-0.3, -0.25) is 9.59 Å². The zero-order valence-corrected chi connectivity index (χ0v) is 11.5. The third-order valence-corrected chi connectivity index (χ3v) is 3.82. The predicted molar refractivity (Wildman–Crippen MR) is 77.0 cm³/mol. The van der Waals surface area contributed by atoms with E-state index in [0.717, 1.165) is 12.0 Å². The van der Waals surface area contributed by atoms with Gasteiger partial charge in [0.1, 0.15) is 0 Å². The van der Waals surface area contributed by atoms with Crippen molar-refractivity contribution in [1.29, 1.82) is 0 Å². The number of hydrogen-bond donors (Lipinski definition) is 2. The van der Waals surface area contributed by atoms with Gasteiger partial charge in [-0.2, -0.15) is 0 Å². The van der Waals surface area contributed by atoms with Crippen LogP contribution in [0.5, 0.6) is 0 Å². The minimum Gasteiger partial charge on any atom is -0.369 e. The molecule has 0 spiro atoms. The van der Waals surface area contributed by atoms with Gasteiger partial charge >= 0.3 is 0 Å². The van der Waals surface area contributed by atoms with Crippen molar-refractivity contribution in [2.24, 2.45) is 17.4 Å². The summed E-state index contributed by atoms with van der Waals surface area (Å²) in [6.07, 6.45) is 2.14. The fraction of sp³-hybridized carbons (Fsp3) is 0.467. The molecule has 0 radical (unpaired) electrons. The second-order valence-corrected chi connectivity index (χ2v) is 5.20. The maximum absolute atomic E-state index is 12.3. The van der Waals surface area contributed by atoms with Gasteiger partial charge in [0.05, 0.1) is 0 Å². The molecule has 1 fully saturated rings. The molecule has 108 valence electrons. The summed E-state index contributed by atoms with van der Waals surface area (Å²) in [5.74, 6) is -0.332. The first-order chi connectivity index (χ1) is 9.61. The molecule has 4 N–H and O–H groups in total. The van der Waals surface area contributed by atoms with Crippen LogP contribution in [0.1, 0.15) is 28.8 Å². The van der Waals surface area contributed by atoms with Crippen LogP contribution < -0.4 is 11.5 Å². The third-order valence-electron chi connectivity index (χ3n) is 3.82. The molecule has 1 aromatic carbocycles. The van der Waals surface area contributed by atoms with Gasteiger partial charge in [-0.1, -0.05) is 12.1 Å². The molecule has 5 nitrogen and oxygen atoms in total. The quantitative estimate of drug-likeness (QED) is 0.839. The standard InChI is InChI=1S/C15H21N3O2/c16-8-5-11-1-3-13(4-2-11)15(20)18-9-6-12(7-10-18)14(17)19/h1-4,12H,5-10,16H2,(H2,17,19). The summed E-state index contributed by atoms with van der Waals surface area (Å²) < 4.78 is 0. The number of hydrogen-bond acceptors (Lipinski definition) is 3. The summed E-state index contributed by atoms with van der Waals surface area (Å²) in [4.78, 5) is 25.2. The molecule has 0 saturated carbocycles. The topological polar surface area (TPSA) is 89.4 Å². The Bertz CT molecular complexity index is 476. The molecule has 2 amide bonds. The molecule has 1 aliphatic rings. The van der Waals surface area contributed by atoms with Crippen molar-refractivity contribution < 1.29 is 9.59 Å². The van der Waals surface area contributed by atoms with Crippen LogP contribution in [0.2, 0.25) is 0 Å². The lowest BCUT2D eigenvalue weighted by atomic mass is 9.96. The van der Waals surface area contributed by atoms with Crippen molar-refractivity contribution in [3.05, 3.63) is 35.4 Å². The first-order valence-electron chi connectivity index (χ1n) is 6.99. The van der Waals surface area contributed by atoms with E-state index in [1.54, 1.807) is 4.90 Å². The number of amides is 2. The van der Waals surface area contributed by atoms with Gasteiger partial charge in [0.25, 0.3) is 5.91 Å². The van der Waals surface area contributed by atoms with Gasteiger partial charge in [-0.15, -0.1) is 0 Å². The van der Waals surface area contributed by atoms with Crippen LogP contribution in [0.4, 0.5) is 0 Å². The van der Waals surface area contributed by atoms with Gasteiger partial charge in [-0.25, -0.2) is 0 Å². The largest absolute Gasteiger partial charge is 0.369 e. The summed E-state index contributed by atoms with van der Waals surface area (Å²) in [7, 11) is 0. The van der Waals surface area contributed by atoms with E-state index in [-0.39, 0.29) is 17.7 Å². The Morgan fingerprint density at radius 2 is 1.75 bits per heavy atom. The number of benzene rings is 1. The minimum absolute atomic E-state index is 0.0206. The maximum Gasteiger partial charge on any atom is 0.253 e. The number of likely N-dealkylation sites (tertiary alicyclic amines) is 1. The molecule has 2 rings (SSSR count). The zero-order valence-electron chi connectivity index (χ0n) is 11.5. The highest BCUT2D eigenvalue weighted by Gasteiger charge is 2.26. The lowest BCUT2D eigenvalue weighted by Crippen LogP contribution is -2.41. The van der Waals surface area contributed by atoms with Crippen molar-refractivity contribution in [1.82, 2.24) is 4.90 Å². The monoisotopic (exact) mass is 275 g/mol. The van der Waals surface area contributed by atoms with Gasteiger partial charge in [0.15, 0.2) is 0 Å². The third kappa shape index (κ3) is 3.36. The molecule has 0 unspecified atom stereocenters. The Morgan fingerprint density at radius 3 is 2.25 bits per heavy atom. The fourth-order valence-corrected chi connectivity index (χ4v) is 2.53. The molecule has 20 heavy (non-hydrogen) atoms.